The number of amides is 2. The summed E-state index contributed by atoms with van der Waals surface area (Å²) in [6.07, 6.45) is -1.01. The van der Waals surface area contributed by atoms with Crippen LogP contribution in [0.2, 0.25) is 0 Å². The van der Waals surface area contributed by atoms with Gasteiger partial charge in [-0.1, -0.05) is 30.3 Å². The van der Waals surface area contributed by atoms with Crippen LogP contribution >= 0.6 is 0 Å². The summed E-state index contributed by atoms with van der Waals surface area (Å²) in [4.78, 5) is 34.8. The third-order valence-electron chi connectivity index (χ3n) is 2.96. The van der Waals surface area contributed by atoms with Gasteiger partial charge in [0.05, 0.1) is 0 Å². The highest BCUT2D eigenvalue weighted by Crippen LogP contribution is 2.08. The van der Waals surface area contributed by atoms with Crippen molar-refractivity contribution in [2.45, 2.75) is 51.8 Å². The molecule has 0 saturated carbocycles. The van der Waals surface area contributed by atoms with E-state index < -0.39 is 29.6 Å². The van der Waals surface area contributed by atoms with Crippen LogP contribution in [0.25, 0.3) is 0 Å². The van der Waals surface area contributed by atoms with E-state index in [0.717, 1.165) is 5.56 Å². The maximum atomic E-state index is 12.3. The Labute approximate surface area is 141 Å². The van der Waals surface area contributed by atoms with E-state index in [4.69, 9.17) is 9.84 Å². The third-order valence-corrected chi connectivity index (χ3v) is 2.96. The second-order valence-corrected chi connectivity index (χ2v) is 6.33. The Morgan fingerprint density at radius 3 is 2.33 bits per heavy atom. The van der Waals surface area contributed by atoms with Gasteiger partial charge in [-0.3, -0.25) is 9.59 Å². The van der Waals surface area contributed by atoms with Gasteiger partial charge >= 0.3 is 12.1 Å². The highest BCUT2D eigenvalue weighted by molar-refractivity contribution is 5.86. The molecule has 0 heterocycles. The van der Waals surface area contributed by atoms with E-state index in [0.29, 0.717) is 6.54 Å². The highest BCUT2D eigenvalue weighted by atomic mass is 16.6. The van der Waals surface area contributed by atoms with Crippen molar-refractivity contribution in [1.29, 1.82) is 0 Å². The van der Waals surface area contributed by atoms with E-state index >= 15 is 0 Å². The number of rotatable bonds is 7. The van der Waals surface area contributed by atoms with Crippen LogP contribution in [0, 0.1) is 0 Å². The number of hydrogen-bond acceptors (Lipinski definition) is 4. The Morgan fingerprint density at radius 1 is 1.17 bits per heavy atom. The quantitative estimate of drug-likeness (QED) is 0.707. The molecule has 132 valence electrons. The standard InChI is InChI=1S/C17H24N2O5/c1-17(2,3)24-16(23)19-13(9-10-14(20)21)15(22)18-11-12-7-5-4-6-8-12/h4-8,13H,9-11H2,1-3H3,(H,18,22)(H,19,23)(H,20,21). The number of benzene rings is 1. The number of nitrogens with one attached hydrogen (secondary N) is 2. The van der Waals surface area contributed by atoms with E-state index in [1.54, 1.807) is 20.8 Å². The second-order valence-electron chi connectivity index (χ2n) is 6.33. The Bertz CT molecular complexity index is 566. The van der Waals surface area contributed by atoms with Crippen LogP contribution in [-0.2, 0) is 20.9 Å². The van der Waals surface area contributed by atoms with Gasteiger partial charge in [0.2, 0.25) is 5.91 Å². The number of carbonyl (C=O) groups excluding carboxylic acids is 2. The van der Waals surface area contributed by atoms with Crippen molar-refractivity contribution >= 4 is 18.0 Å². The number of carboxylic acids is 1. The predicted octanol–water partition coefficient (Wildman–Crippen LogP) is 2.06. The zero-order valence-electron chi connectivity index (χ0n) is 14.2. The Kier molecular flexibility index (Phi) is 7.23. The smallest absolute Gasteiger partial charge is 0.408 e. The molecule has 0 aromatic heterocycles. The number of carboxylic acid groups (broad SMARTS) is 1. The summed E-state index contributed by atoms with van der Waals surface area (Å²) in [5, 5.41) is 13.9. The molecule has 0 aliphatic heterocycles. The molecular weight excluding hydrogens is 312 g/mol. The van der Waals surface area contributed by atoms with Gasteiger partial charge in [-0.15, -0.1) is 0 Å². The van der Waals surface area contributed by atoms with Crippen molar-refractivity contribution < 1.29 is 24.2 Å². The first kappa shape index (κ1) is 19.5. The molecule has 2 amide bonds. The van der Waals surface area contributed by atoms with Gasteiger partial charge < -0.3 is 20.5 Å². The molecule has 0 fully saturated rings. The van der Waals surface area contributed by atoms with Crippen LogP contribution in [0.4, 0.5) is 4.79 Å². The number of carbonyl (C=O) groups is 3. The lowest BCUT2D eigenvalue weighted by Crippen LogP contribution is -2.48. The summed E-state index contributed by atoms with van der Waals surface area (Å²) >= 11 is 0. The molecule has 7 heteroatoms. The minimum atomic E-state index is -1.04. The molecule has 1 atom stereocenters. The molecule has 1 rings (SSSR count). The Morgan fingerprint density at radius 2 is 1.79 bits per heavy atom. The topological polar surface area (TPSA) is 105 Å². The lowest BCUT2D eigenvalue weighted by Gasteiger charge is -2.23. The van der Waals surface area contributed by atoms with Crippen molar-refractivity contribution in [3.05, 3.63) is 35.9 Å². The van der Waals surface area contributed by atoms with Crippen LogP contribution in [0.1, 0.15) is 39.2 Å². The largest absolute Gasteiger partial charge is 0.481 e. The van der Waals surface area contributed by atoms with Crippen molar-refractivity contribution in [1.82, 2.24) is 10.6 Å². The van der Waals surface area contributed by atoms with Gasteiger partial charge in [0.1, 0.15) is 11.6 Å². The predicted molar refractivity (Wildman–Crippen MR) is 88.3 cm³/mol. The summed E-state index contributed by atoms with van der Waals surface area (Å²) in [6.45, 7) is 5.40. The molecule has 0 radical (unpaired) electrons. The Balaban J connectivity index is 2.64. The summed E-state index contributed by atoms with van der Waals surface area (Å²) in [5.74, 6) is -1.49. The molecule has 0 aliphatic carbocycles. The van der Waals surface area contributed by atoms with Crippen LogP contribution in [0.3, 0.4) is 0 Å². The van der Waals surface area contributed by atoms with Crippen LogP contribution in [0.15, 0.2) is 30.3 Å². The number of alkyl carbamates (subject to hydrolysis) is 1. The van der Waals surface area contributed by atoms with Crippen LogP contribution < -0.4 is 10.6 Å². The molecule has 0 aliphatic rings. The zero-order chi connectivity index (χ0) is 18.2. The highest BCUT2D eigenvalue weighted by Gasteiger charge is 2.24. The average Bonchev–Trinajstić information content (AvgIpc) is 2.48. The third kappa shape index (κ3) is 8.17. The molecule has 7 nitrogen and oxygen atoms in total. The average molecular weight is 336 g/mol. The fraction of sp³-hybridized carbons (Fsp3) is 0.471. The summed E-state index contributed by atoms with van der Waals surface area (Å²) < 4.78 is 5.11. The molecule has 0 saturated heterocycles. The van der Waals surface area contributed by atoms with Gasteiger partial charge in [-0.2, -0.15) is 0 Å². The number of aliphatic carboxylic acids is 1. The first-order chi connectivity index (χ1) is 11.2. The number of ether oxygens (including phenoxy) is 1. The minimum Gasteiger partial charge on any atom is -0.481 e. The zero-order valence-corrected chi connectivity index (χ0v) is 14.2. The van der Waals surface area contributed by atoms with Gasteiger partial charge in [0.15, 0.2) is 0 Å². The van der Waals surface area contributed by atoms with Crippen LogP contribution in [0.5, 0.6) is 0 Å². The van der Waals surface area contributed by atoms with Crippen molar-refractivity contribution in [3.8, 4) is 0 Å². The first-order valence-corrected chi connectivity index (χ1v) is 7.70. The molecule has 1 unspecified atom stereocenters. The molecule has 0 bridgehead atoms. The first-order valence-electron chi connectivity index (χ1n) is 7.70. The van der Waals surface area contributed by atoms with Crippen molar-refractivity contribution in [2.75, 3.05) is 0 Å². The monoisotopic (exact) mass is 336 g/mol. The number of hydrogen-bond donors (Lipinski definition) is 3. The Hall–Kier alpha value is -2.57. The van der Waals surface area contributed by atoms with E-state index in [1.165, 1.54) is 0 Å². The SMILES string of the molecule is CC(C)(C)OC(=O)NC(CCC(=O)O)C(=O)NCc1ccccc1. The molecular formula is C17H24N2O5. The van der Waals surface area contributed by atoms with E-state index in [1.807, 2.05) is 30.3 Å². The van der Waals surface area contributed by atoms with E-state index in [2.05, 4.69) is 10.6 Å². The summed E-state index contributed by atoms with van der Waals surface area (Å²) in [5.41, 5.74) is 0.196. The van der Waals surface area contributed by atoms with Crippen LogP contribution in [-0.4, -0.2) is 34.7 Å². The second kappa shape index (κ2) is 8.90. The fourth-order valence-corrected chi connectivity index (χ4v) is 1.89. The molecule has 24 heavy (non-hydrogen) atoms. The normalized spacial score (nSPS) is 12.1. The summed E-state index contributed by atoms with van der Waals surface area (Å²) in [7, 11) is 0. The molecule has 1 aromatic carbocycles. The molecule has 3 N–H and O–H groups in total. The van der Waals surface area contributed by atoms with Gasteiger partial charge in [-0.05, 0) is 32.8 Å². The van der Waals surface area contributed by atoms with E-state index in [-0.39, 0.29) is 12.8 Å². The maximum Gasteiger partial charge on any atom is 0.408 e. The lowest BCUT2D eigenvalue weighted by molar-refractivity contribution is -0.137. The van der Waals surface area contributed by atoms with Crippen molar-refractivity contribution in [3.63, 3.8) is 0 Å². The summed E-state index contributed by atoms with van der Waals surface area (Å²) in [6, 6.07) is 8.30. The molecule has 1 aromatic rings. The fourth-order valence-electron chi connectivity index (χ4n) is 1.89. The minimum absolute atomic E-state index is 0.0187. The maximum absolute atomic E-state index is 12.3. The van der Waals surface area contributed by atoms with Gasteiger partial charge in [-0.25, -0.2) is 4.79 Å². The van der Waals surface area contributed by atoms with Crippen molar-refractivity contribution in [2.24, 2.45) is 0 Å². The lowest BCUT2D eigenvalue weighted by atomic mass is 10.1. The van der Waals surface area contributed by atoms with E-state index in [9.17, 15) is 14.4 Å². The van der Waals surface area contributed by atoms with Gasteiger partial charge in [0, 0.05) is 13.0 Å². The molecule has 0 spiro atoms. The van der Waals surface area contributed by atoms with Gasteiger partial charge in [0.25, 0.3) is 0 Å².